The molecule has 3 aliphatic heterocycles. The number of hydrogen-bond acceptors (Lipinski definition) is 20. The van der Waals surface area contributed by atoms with Gasteiger partial charge in [-0.25, -0.2) is 4.79 Å². The molecule has 328 valence electrons. The maximum Gasteiger partial charge on any atom is 0.330 e. The summed E-state index contributed by atoms with van der Waals surface area (Å²) in [5.41, 5.74) is 0.418. The molecule has 0 aromatic heterocycles. The van der Waals surface area contributed by atoms with Gasteiger partial charge in [-0.05, 0) is 35.9 Å². The Morgan fingerprint density at radius 1 is 0.689 bits per heavy atom. The molecule has 22 heteroatoms. The average Bonchev–Trinajstić information content (AvgIpc) is 3.21. The fraction of sp³-hybridized carbons (Fsp3) is 0.359. The number of aliphatic hydroxyl groups is 7. The lowest BCUT2D eigenvalue weighted by Gasteiger charge is -2.41. The number of aliphatic carboxylic acids is 1. The van der Waals surface area contributed by atoms with E-state index >= 15 is 0 Å². The van der Waals surface area contributed by atoms with Gasteiger partial charge >= 0.3 is 17.9 Å². The molecule has 13 N–H and O–H groups in total. The molecule has 61 heavy (non-hydrogen) atoms. The lowest BCUT2D eigenvalue weighted by molar-refractivity contribution is -0.296. The molecule has 22 nitrogen and oxygen atoms in total. The summed E-state index contributed by atoms with van der Waals surface area (Å²) in [6.07, 6.45) is -17.2. The third-order valence-corrected chi connectivity index (χ3v) is 9.57. The molecule has 0 amide bonds. The number of carbonyl (C=O) groups is 3. The van der Waals surface area contributed by atoms with E-state index in [1.54, 1.807) is 0 Å². The van der Waals surface area contributed by atoms with Crippen molar-refractivity contribution in [3.05, 3.63) is 77.1 Å². The highest BCUT2D eigenvalue weighted by Crippen LogP contribution is 2.48. The largest absolute Gasteiger partial charge is 0.571 e. The Bertz CT molecular complexity index is 2130. The van der Waals surface area contributed by atoms with Gasteiger partial charge < -0.3 is 94.4 Å². The van der Waals surface area contributed by atoms with Gasteiger partial charge in [0.1, 0.15) is 91.3 Å². The van der Waals surface area contributed by atoms with Crippen LogP contribution in [0.2, 0.25) is 0 Å². The highest BCUT2D eigenvalue weighted by Gasteiger charge is 2.49. The monoisotopic (exact) mass is 861 g/mol. The Morgan fingerprint density at radius 2 is 1.26 bits per heavy atom. The SMILES string of the molecule is O=C(O)CC(=O)OCC1OC(Oc2cc(O)cc3c2C=C(OC2OC(COC(=O)C=Cc4ccc(O)cc4)C(O)C(O)C2O)C(c2cc(O)c(O)c(O)c2)[OH+]3)C(O)C(O)C1O. The van der Waals surface area contributed by atoms with E-state index in [-0.39, 0.29) is 34.1 Å². The number of phenolic OH excluding ortho intramolecular Hbond substituents is 5. The number of hydrogen-bond donors (Lipinski definition) is 12. The molecule has 0 bridgehead atoms. The summed E-state index contributed by atoms with van der Waals surface area (Å²) in [5.74, 6) is -7.29. The number of rotatable bonds is 13. The standard InChI is InChI=1S/C39H40O22/c40-17-4-1-15(2-5-17)3-6-28(46)55-13-25-31(49)34(52)36(54)39(61-25)59-24-11-19-22(57-37(24)16-7-20(42)30(48)21(43)8-16)9-18(41)10-23(19)58-38-35(53)33(51)32(50)26(60-38)14-56-29(47)12-27(44)45/h1-11,25-26,31-43,48-54H,12-14H2,(H,44,45)/p+1. The second kappa shape index (κ2) is 18.5. The number of carbonyl (C=O) groups excluding carboxylic acids is 2. The molecule has 0 spiro atoms. The second-order valence-corrected chi connectivity index (χ2v) is 13.9. The molecule has 3 aliphatic rings. The molecule has 11 atom stereocenters. The summed E-state index contributed by atoms with van der Waals surface area (Å²) in [6.45, 7) is -1.45. The molecule has 6 rings (SSSR count). The molecule has 3 aromatic rings. The quantitative estimate of drug-likeness (QED) is 0.0317. The highest BCUT2D eigenvalue weighted by molar-refractivity contribution is 5.90. The van der Waals surface area contributed by atoms with Crippen LogP contribution in [0.1, 0.15) is 29.2 Å². The fourth-order valence-corrected chi connectivity index (χ4v) is 6.37. The van der Waals surface area contributed by atoms with Crippen molar-refractivity contribution < 1.29 is 109 Å². The zero-order valence-electron chi connectivity index (χ0n) is 31.3. The van der Waals surface area contributed by atoms with Crippen LogP contribution >= 0.6 is 0 Å². The number of carboxylic acid groups (broad SMARTS) is 1. The number of aliphatic hydroxyl groups excluding tert-OH is 6. The van der Waals surface area contributed by atoms with Gasteiger partial charge in [-0.15, -0.1) is 0 Å². The van der Waals surface area contributed by atoms with Crippen molar-refractivity contribution >= 4 is 30.1 Å². The van der Waals surface area contributed by atoms with Crippen LogP contribution in [0.5, 0.6) is 40.2 Å². The summed E-state index contributed by atoms with van der Waals surface area (Å²) >= 11 is 0. The number of phenols is 5. The normalized spacial score (nSPS) is 28.5. The number of aromatic hydroxyl groups is 6. The van der Waals surface area contributed by atoms with Crippen molar-refractivity contribution in [2.75, 3.05) is 13.2 Å². The van der Waals surface area contributed by atoms with E-state index < -0.39 is 128 Å². The van der Waals surface area contributed by atoms with E-state index in [1.807, 2.05) is 0 Å². The lowest BCUT2D eigenvalue weighted by atomic mass is 9.98. The van der Waals surface area contributed by atoms with Gasteiger partial charge in [-0.3, -0.25) is 9.59 Å². The molecular weight excluding hydrogens is 820 g/mol. The molecule has 2 fully saturated rings. The predicted molar refractivity (Wildman–Crippen MR) is 198 cm³/mol. The fourth-order valence-electron chi connectivity index (χ4n) is 6.37. The summed E-state index contributed by atoms with van der Waals surface area (Å²) in [7, 11) is 0. The maximum absolute atomic E-state index is 12.5. The van der Waals surface area contributed by atoms with E-state index in [0.29, 0.717) is 5.56 Å². The predicted octanol–water partition coefficient (Wildman–Crippen LogP) is -1.16. The minimum Gasteiger partial charge on any atom is -0.571 e. The summed E-state index contributed by atoms with van der Waals surface area (Å²) in [4.78, 5) is 35.2. The highest BCUT2D eigenvalue weighted by atomic mass is 16.7. The minimum absolute atomic E-state index is 0.00578. The molecule has 0 aliphatic carbocycles. The van der Waals surface area contributed by atoms with E-state index in [4.69, 9.17) is 33.5 Å². The molecule has 0 radical (unpaired) electrons. The number of fused-ring (bicyclic) bond motifs is 1. The van der Waals surface area contributed by atoms with Crippen LogP contribution in [0.3, 0.4) is 0 Å². The van der Waals surface area contributed by atoms with Crippen molar-refractivity contribution in [3.8, 4) is 40.2 Å². The summed E-state index contributed by atoms with van der Waals surface area (Å²) < 4.78 is 37.8. The van der Waals surface area contributed by atoms with Crippen LogP contribution in [0, 0.1) is 0 Å². The maximum atomic E-state index is 12.5. The molecular formula is C39H41O22+. The average molecular weight is 862 g/mol. The summed E-state index contributed by atoms with van der Waals surface area (Å²) in [6, 6.07) is 9.99. The Hall–Kier alpha value is -6.37. The molecule has 3 aromatic carbocycles. The zero-order chi connectivity index (χ0) is 44.3. The van der Waals surface area contributed by atoms with Gasteiger partial charge in [-0.2, -0.15) is 0 Å². The Morgan fingerprint density at radius 3 is 1.85 bits per heavy atom. The zero-order valence-corrected chi connectivity index (χ0v) is 31.3. The number of ether oxygens (including phenoxy) is 7. The van der Waals surface area contributed by atoms with Gasteiger partial charge in [-0.1, -0.05) is 12.1 Å². The first kappa shape index (κ1) is 44.2. The topological polar surface area (TPSA) is 362 Å². The molecule has 0 saturated carbocycles. The van der Waals surface area contributed by atoms with Crippen LogP contribution in [0.4, 0.5) is 0 Å². The van der Waals surface area contributed by atoms with Gasteiger partial charge in [0.05, 0.1) is 11.6 Å². The van der Waals surface area contributed by atoms with Crippen LogP contribution < -0.4 is 4.74 Å². The van der Waals surface area contributed by atoms with Crippen LogP contribution in [-0.2, 0) is 38.1 Å². The minimum atomic E-state index is -1.99. The van der Waals surface area contributed by atoms with Gasteiger partial charge in [0.25, 0.3) is 11.9 Å². The Kier molecular flexibility index (Phi) is 13.4. The van der Waals surface area contributed by atoms with Crippen LogP contribution in [0.15, 0.2) is 60.4 Å². The van der Waals surface area contributed by atoms with E-state index in [0.717, 1.165) is 30.3 Å². The Labute approximate surface area is 343 Å². The first-order valence-corrected chi connectivity index (χ1v) is 18.2. The van der Waals surface area contributed by atoms with Crippen molar-refractivity contribution in [1.29, 1.82) is 0 Å². The van der Waals surface area contributed by atoms with E-state index in [1.165, 1.54) is 36.4 Å². The first-order chi connectivity index (χ1) is 28.9. The first-order valence-electron chi connectivity index (χ1n) is 18.2. The van der Waals surface area contributed by atoms with Gasteiger partial charge in [0.2, 0.25) is 12.6 Å². The molecule has 3 heterocycles. The number of esters is 2. The third kappa shape index (κ3) is 10.2. The molecule has 2 saturated heterocycles. The number of benzene rings is 3. The van der Waals surface area contributed by atoms with Crippen molar-refractivity contribution in [1.82, 2.24) is 0 Å². The van der Waals surface area contributed by atoms with E-state index in [2.05, 4.69) is 4.74 Å². The molecule has 11 unspecified atom stereocenters. The summed E-state index contributed by atoms with van der Waals surface area (Å²) in [5, 5.41) is 124. The van der Waals surface area contributed by atoms with Crippen LogP contribution in [-0.4, -0.2) is 159 Å². The van der Waals surface area contributed by atoms with Crippen molar-refractivity contribution in [3.63, 3.8) is 0 Å². The van der Waals surface area contributed by atoms with Crippen molar-refractivity contribution in [2.45, 2.75) is 73.9 Å². The van der Waals surface area contributed by atoms with E-state index in [9.17, 15) is 70.6 Å². The smallest absolute Gasteiger partial charge is 0.330 e. The van der Waals surface area contributed by atoms with Crippen molar-refractivity contribution in [2.24, 2.45) is 0 Å². The third-order valence-electron chi connectivity index (χ3n) is 9.57. The van der Waals surface area contributed by atoms with Gasteiger partial charge in [0.15, 0.2) is 23.0 Å². The lowest BCUT2D eigenvalue weighted by Crippen LogP contribution is -2.60. The Balaban J connectivity index is 1.28. The second-order valence-electron chi connectivity index (χ2n) is 13.9. The van der Waals surface area contributed by atoms with Crippen LogP contribution in [0.25, 0.3) is 12.2 Å². The number of carboxylic acids is 1. The van der Waals surface area contributed by atoms with Gasteiger partial charge in [0, 0.05) is 18.2 Å².